The van der Waals surface area contributed by atoms with Gasteiger partial charge in [-0.15, -0.1) is 0 Å². The van der Waals surface area contributed by atoms with Gasteiger partial charge in [0.1, 0.15) is 24.8 Å². The predicted molar refractivity (Wildman–Crippen MR) is 104 cm³/mol. The third-order valence-corrected chi connectivity index (χ3v) is 4.29. The van der Waals surface area contributed by atoms with Crippen LogP contribution in [0.4, 0.5) is 0 Å². The molecule has 1 fully saturated rings. The smallest absolute Gasteiger partial charge is 0.325 e. The van der Waals surface area contributed by atoms with Crippen molar-refractivity contribution in [2.45, 2.75) is 48.7 Å². The standard InChI is InChI=1S/C16H26Cl3N3O6/c1-9(2)12(23)13(24)20-11(7-27-3)14(25)22-6-4-5-10(21-22)15(26)28-8-16(17,18)19/h9-12,21,23H,4-8H2,1-3H3,(H,20,24). The fourth-order valence-electron chi connectivity index (χ4n) is 2.46. The van der Waals surface area contributed by atoms with E-state index in [1.807, 2.05) is 0 Å². The number of esters is 1. The third-order valence-electron chi connectivity index (χ3n) is 3.96. The molecule has 0 aliphatic carbocycles. The van der Waals surface area contributed by atoms with Crippen molar-refractivity contribution in [1.29, 1.82) is 0 Å². The van der Waals surface area contributed by atoms with E-state index in [0.29, 0.717) is 19.4 Å². The molecule has 0 bridgehead atoms. The second-order valence-electron chi connectivity index (χ2n) is 6.74. The molecule has 0 aromatic heterocycles. The summed E-state index contributed by atoms with van der Waals surface area (Å²) in [6.07, 6.45) is -0.309. The zero-order valence-electron chi connectivity index (χ0n) is 15.9. The SMILES string of the molecule is COCC(NC(=O)C(O)C(C)C)C(=O)N1CCCC(C(=O)OCC(Cl)(Cl)Cl)N1. The number of ether oxygens (including phenoxy) is 2. The van der Waals surface area contributed by atoms with Crippen molar-refractivity contribution >= 4 is 52.6 Å². The minimum atomic E-state index is -1.73. The second-order valence-corrected chi connectivity index (χ2v) is 9.26. The summed E-state index contributed by atoms with van der Waals surface area (Å²) in [4.78, 5) is 37.0. The van der Waals surface area contributed by atoms with E-state index in [0.717, 1.165) is 0 Å². The number of hydrogen-bond acceptors (Lipinski definition) is 7. The summed E-state index contributed by atoms with van der Waals surface area (Å²) in [5.74, 6) is -2.17. The topological polar surface area (TPSA) is 117 Å². The molecule has 1 heterocycles. The predicted octanol–water partition coefficient (Wildman–Crippen LogP) is 0.543. The van der Waals surface area contributed by atoms with Gasteiger partial charge < -0.3 is 19.9 Å². The number of carbonyl (C=O) groups is 3. The number of halogens is 3. The van der Waals surface area contributed by atoms with Gasteiger partial charge in [0.05, 0.1) is 6.61 Å². The highest BCUT2D eigenvalue weighted by Crippen LogP contribution is 2.26. The van der Waals surface area contributed by atoms with Crippen LogP contribution in [0.15, 0.2) is 0 Å². The number of hydrazine groups is 1. The lowest BCUT2D eigenvalue weighted by Crippen LogP contribution is -2.61. The van der Waals surface area contributed by atoms with Gasteiger partial charge in [-0.25, -0.2) is 5.43 Å². The molecule has 3 atom stereocenters. The lowest BCUT2D eigenvalue weighted by atomic mass is 10.1. The molecule has 0 radical (unpaired) electrons. The number of methoxy groups -OCH3 is 1. The van der Waals surface area contributed by atoms with Gasteiger partial charge >= 0.3 is 5.97 Å². The van der Waals surface area contributed by atoms with Crippen LogP contribution in [0.1, 0.15) is 26.7 Å². The Kier molecular flexibility index (Phi) is 10.2. The normalized spacial score (nSPS) is 19.9. The van der Waals surface area contributed by atoms with E-state index >= 15 is 0 Å². The summed E-state index contributed by atoms with van der Waals surface area (Å²) in [6, 6.07) is -1.83. The lowest BCUT2D eigenvalue weighted by Gasteiger charge is -2.35. The Bertz CT molecular complexity index is 558. The Hall–Kier alpha value is -0.840. The number of hydrogen-bond donors (Lipinski definition) is 3. The van der Waals surface area contributed by atoms with Crippen molar-refractivity contribution in [2.75, 3.05) is 26.9 Å². The highest BCUT2D eigenvalue weighted by molar-refractivity contribution is 6.67. The van der Waals surface area contributed by atoms with Gasteiger partial charge in [-0.1, -0.05) is 48.7 Å². The van der Waals surface area contributed by atoms with E-state index in [2.05, 4.69) is 10.7 Å². The molecule has 12 heteroatoms. The van der Waals surface area contributed by atoms with Crippen LogP contribution in [0.2, 0.25) is 0 Å². The molecule has 162 valence electrons. The molecule has 1 saturated heterocycles. The molecular formula is C16H26Cl3N3O6. The second kappa shape index (κ2) is 11.4. The quantitative estimate of drug-likeness (QED) is 0.356. The van der Waals surface area contributed by atoms with Crippen LogP contribution in [0.3, 0.4) is 0 Å². The first-order chi connectivity index (χ1) is 13.0. The Morgan fingerprint density at radius 3 is 2.50 bits per heavy atom. The Labute approximate surface area is 178 Å². The number of carbonyl (C=O) groups excluding carboxylic acids is 3. The van der Waals surface area contributed by atoms with Gasteiger partial charge in [-0.05, 0) is 18.8 Å². The van der Waals surface area contributed by atoms with E-state index in [1.165, 1.54) is 12.1 Å². The van der Waals surface area contributed by atoms with E-state index in [9.17, 15) is 19.5 Å². The molecular weight excluding hydrogens is 437 g/mol. The maximum Gasteiger partial charge on any atom is 0.325 e. The summed E-state index contributed by atoms with van der Waals surface area (Å²) in [7, 11) is 1.38. The molecule has 0 saturated carbocycles. The number of amides is 2. The zero-order valence-corrected chi connectivity index (χ0v) is 18.2. The molecule has 28 heavy (non-hydrogen) atoms. The average Bonchev–Trinajstić information content (AvgIpc) is 2.63. The molecule has 2 amide bonds. The van der Waals surface area contributed by atoms with Crippen molar-refractivity contribution in [3.8, 4) is 0 Å². The first-order valence-corrected chi connectivity index (χ1v) is 9.88. The largest absolute Gasteiger partial charge is 0.460 e. The molecule has 0 aromatic carbocycles. The number of nitrogens with one attached hydrogen (secondary N) is 2. The summed E-state index contributed by atoms with van der Waals surface area (Å²) in [5.41, 5.74) is 2.76. The molecule has 0 spiro atoms. The number of aliphatic hydroxyl groups excluding tert-OH is 1. The van der Waals surface area contributed by atoms with E-state index < -0.39 is 46.4 Å². The molecule has 1 aliphatic rings. The van der Waals surface area contributed by atoms with Crippen molar-refractivity contribution in [1.82, 2.24) is 15.8 Å². The van der Waals surface area contributed by atoms with E-state index in [1.54, 1.807) is 13.8 Å². The fourth-order valence-corrected chi connectivity index (χ4v) is 2.62. The van der Waals surface area contributed by atoms with Gasteiger partial charge in [-0.2, -0.15) is 0 Å². The van der Waals surface area contributed by atoms with Crippen molar-refractivity contribution in [3.05, 3.63) is 0 Å². The molecule has 3 N–H and O–H groups in total. The average molecular weight is 463 g/mol. The molecule has 1 rings (SSSR count). The van der Waals surface area contributed by atoms with Crippen molar-refractivity contribution in [2.24, 2.45) is 5.92 Å². The van der Waals surface area contributed by atoms with Crippen molar-refractivity contribution < 1.29 is 29.0 Å². The number of alkyl halides is 3. The van der Waals surface area contributed by atoms with Crippen LogP contribution >= 0.6 is 34.8 Å². The van der Waals surface area contributed by atoms with Crippen LogP contribution < -0.4 is 10.7 Å². The number of rotatable bonds is 8. The van der Waals surface area contributed by atoms with Gasteiger partial charge in [0.25, 0.3) is 5.91 Å². The van der Waals surface area contributed by atoms with E-state index in [-0.39, 0.29) is 12.5 Å². The van der Waals surface area contributed by atoms with Crippen LogP contribution in [-0.4, -0.2) is 76.7 Å². The summed E-state index contributed by atoms with van der Waals surface area (Å²) >= 11 is 16.7. The molecule has 9 nitrogen and oxygen atoms in total. The van der Waals surface area contributed by atoms with Gasteiger partial charge in [-0.3, -0.25) is 19.4 Å². The maximum atomic E-state index is 12.8. The van der Waals surface area contributed by atoms with Crippen LogP contribution in [0.5, 0.6) is 0 Å². The monoisotopic (exact) mass is 461 g/mol. The third kappa shape index (κ3) is 8.26. The zero-order chi connectivity index (χ0) is 21.5. The first kappa shape index (κ1) is 25.2. The molecule has 1 aliphatic heterocycles. The van der Waals surface area contributed by atoms with Gasteiger partial charge in [0.15, 0.2) is 0 Å². The Balaban J connectivity index is 2.72. The highest BCUT2D eigenvalue weighted by Gasteiger charge is 2.35. The summed E-state index contributed by atoms with van der Waals surface area (Å²) < 4.78 is 8.21. The minimum absolute atomic E-state index is 0.101. The maximum absolute atomic E-state index is 12.8. The van der Waals surface area contributed by atoms with Crippen LogP contribution in [-0.2, 0) is 23.9 Å². The Morgan fingerprint density at radius 1 is 1.32 bits per heavy atom. The van der Waals surface area contributed by atoms with Crippen LogP contribution in [0.25, 0.3) is 0 Å². The van der Waals surface area contributed by atoms with Gasteiger partial charge in [0, 0.05) is 13.7 Å². The van der Waals surface area contributed by atoms with Crippen molar-refractivity contribution in [3.63, 3.8) is 0 Å². The Morgan fingerprint density at radius 2 is 1.96 bits per heavy atom. The first-order valence-electron chi connectivity index (χ1n) is 8.74. The molecule has 3 unspecified atom stereocenters. The van der Waals surface area contributed by atoms with Gasteiger partial charge in [0.2, 0.25) is 9.70 Å². The number of aliphatic hydroxyl groups is 1. The summed E-state index contributed by atoms with van der Waals surface area (Å²) in [6.45, 7) is 3.15. The van der Waals surface area contributed by atoms with E-state index in [4.69, 9.17) is 44.3 Å². The highest BCUT2D eigenvalue weighted by atomic mass is 35.6. The number of nitrogens with zero attached hydrogens (tertiary/aromatic N) is 1. The van der Waals surface area contributed by atoms with Crippen LogP contribution in [0, 0.1) is 5.92 Å². The minimum Gasteiger partial charge on any atom is -0.460 e. The summed E-state index contributed by atoms with van der Waals surface area (Å²) in [5, 5.41) is 13.5. The molecule has 0 aromatic rings. The lowest BCUT2D eigenvalue weighted by molar-refractivity contribution is -0.153. The fraction of sp³-hybridized carbons (Fsp3) is 0.812.